The molecule has 0 atom stereocenters. The first-order chi connectivity index (χ1) is 14.3. The molecule has 1 aromatic carbocycles. The van der Waals surface area contributed by atoms with E-state index >= 15 is 0 Å². The Morgan fingerprint density at radius 3 is 2.70 bits per heavy atom. The maximum atomic E-state index is 11.6. The molecule has 0 radical (unpaired) electrons. The molecule has 0 unspecified atom stereocenters. The SMILES string of the molecule is CC(C)(C)OC(=O)NCCCCCc1nnc2sc(SCc3ccc(Cl)cc3)nn12. The average Bonchev–Trinajstić information content (AvgIpc) is 3.23. The Kier molecular flexibility index (Phi) is 7.96. The van der Waals surface area contributed by atoms with Crippen LogP contribution in [0.25, 0.3) is 4.96 Å². The number of unbranched alkanes of at least 4 members (excludes halogenated alkanes) is 2. The second kappa shape index (κ2) is 10.5. The van der Waals surface area contributed by atoms with Crippen molar-refractivity contribution < 1.29 is 9.53 Å². The van der Waals surface area contributed by atoms with Gasteiger partial charge in [-0.25, -0.2) is 4.79 Å². The van der Waals surface area contributed by atoms with Crippen LogP contribution >= 0.6 is 34.7 Å². The third-order valence-corrected chi connectivity index (χ3v) is 6.41. The fourth-order valence-electron chi connectivity index (χ4n) is 2.67. The van der Waals surface area contributed by atoms with Gasteiger partial charge in [-0.1, -0.05) is 53.3 Å². The molecule has 30 heavy (non-hydrogen) atoms. The summed E-state index contributed by atoms with van der Waals surface area (Å²) in [6.45, 7) is 6.16. The van der Waals surface area contributed by atoms with Gasteiger partial charge < -0.3 is 10.1 Å². The first-order valence-corrected chi connectivity index (χ1v) is 12.0. The van der Waals surface area contributed by atoms with E-state index in [9.17, 15) is 4.79 Å². The molecule has 162 valence electrons. The standard InChI is InChI=1S/C20H26ClN5O2S2/c1-20(2,3)28-18(27)22-12-6-4-5-7-16-23-24-17-26(16)25-19(30-17)29-13-14-8-10-15(21)11-9-14/h8-11H,4-7,12-13H2,1-3H3,(H,22,27). The first-order valence-electron chi connectivity index (χ1n) is 9.85. The largest absolute Gasteiger partial charge is 0.444 e. The predicted molar refractivity (Wildman–Crippen MR) is 121 cm³/mol. The molecule has 3 rings (SSSR count). The van der Waals surface area contributed by atoms with E-state index in [4.69, 9.17) is 16.3 Å². The number of ether oxygens (including phenoxy) is 1. The Hall–Kier alpha value is -1.84. The molecule has 7 nitrogen and oxygen atoms in total. The van der Waals surface area contributed by atoms with Crippen LogP contribution in [0.5, 0.6) is 0 Å². The van der Waals surface area contributed by atoms with E-state index in [1.54, 1.807) is 23.1 Å². The summed E-state index contributed by atoms with van der Waals surface area (Å²) < 4.78 is 8.03. The number of halogens is 1. The minimum Gasteiger partial charge on any atom is -0.444 e. The van der Waals surface area contributed by atoms with Crippen LogP contribution in [-0.2, 0) is 16.9 Å². The summed E-state index contributed by atoms with van der Waals surface area (Å²) in [5.41, 5.74) is 0.735. The summed E-state index contributed by atoms with van der Waals surface area (Å²) in [6, 6.07) is 7.85. The molecule has 0 aliphatic rings. The van der Waals surface area contributed by atoms with E-state index in [0.29, 0.717) is 6.54 Å². The minimum atomic E-state index is -0.470. The van der Waals surface area contributed by atoms with Crippen LogP contribution in [-0.4, -0.2) is 38.1 Å². The quantitative estimate of drug-likeness (QED) is 0.336. The Balaban J connectivity index is 1.40. The number of fused-ring (bicyclic) bond motifs is 1. The van der Waals surface area contributed by atoms with E-state index in [0.717, 1.165) is 51.6 Å². The second-order valence-corrected chi connectivity index (χ2v) is 10.4. The predicted octanol–water partition coefficient (Wildman–Crippen LogP) is 5.37. The average molecular weight is 468 g/mol. The van der Waals surface area contributed by atoms with Gasteiger partial charge in [-0.05, 0) is 51.3 Å². The lowest BCUT2D eigenvalue weighted by Crippen LogP contribution is -2.32. The lowest BCUT2D eigenvalue weighted by atomic mass is 10.2. The highest BCUT2D eigenvalue weighted by Gasteiger charge is 2.15. The van der Waals surface area contributed by atoms with Gasteiger partial charge in [0.2, 0.25) is 4.96 Å². The Morgan fingerprint density at radius 2 is 1.97 bits per heavy atom. The van der Waals surface area contributed by atoms with Crippen LogP contribution in [0.4, 0.5) is 4.79 Å². The van der Waals surface area contributed by atoms with Crippen LogP contribution in [0.2, 0.25) is 5.02 Å². The normalized spacial score (nSPS) is 11.7. The third kappa shape index (κ3) is 7.14. The van der Waals surface area contributed by atoms with Crippen molar-refractivity contribution >= 4 is 45.8 Å². The van der Waals surface area contributed by atoms with Crippen molar-refractivity contribution in [3.05, 3.63) is 40.7 Å². The van der Waals surface area contributed by atoms with E-state index in [-0.39, 0.29) is 6.09 Å². The maximum absolute atomic E-state index is 11.6. The van der Waals surface area contributed by atoms with Crippen LogP contribution in [0.3, 0.4) is 0 Å². The molecule has 0 spiro atoms. The van der Waals surface area contributed by atoms with Gasteiger partial charge in [0, 0.05) is 23.7 Å². The summed E-state index contributed by atoms with van der Waals surface area (Å²) in [5, 5.41) is 16.7. The van der Waals surface area contributed by atoms with E-state index in [2.05, 4.69) is 20.6 Å². The molecule has 0 aliphatic heterocycles. The number of aromatic nitrogens is 4. The molecule has 1 N–H and O–H groups in total. The second-order valence-electron chi connectivity index (χ2n) is 7.83. The van der Waals surface area contributed by atoms with Crippen LogP contribution in [0, 0.1) is 0 Å². The molecule has 0 bridgehead atoms. The topological polar surface area (TPSA) is 81.4 Å². The Bertz CT molecular complexity index is 966. The molecular weight excluding hydrogens is 442 g/mol. The van der Waals surface area contributed by atoms with Crippen molar-refractivity contribution in [2.75, 3.05) is 6.54 Å². The molecule has 0 saturated heterocycles. The lowest BCUT2D eigenvalue weighted by molar-refractivity contribution is 0.0527. The highest BCUT2D eigenvalue weighted by Crippen LogP contribution is 2.28. The summed E-state index contributed by atoms with van der Waals surface area (Å²) in [7, 11) is 0. The fraction of sp³-hybridized carbons (Fsp3) is 0.500. The van der Waals surface area contributed by atoms with Crippen molar-refractivity contribution in [3.63, 3.8) is 0 Å². The Labute approximate surface area is 189 Å². The number of carbonyl (C=O) groups is 1. The van der Waals surface area contributed by atoms with Crippen molar-refractivity contribution in [1.29, 1.82) is 0 Å². The number of amides is 1. The van der Waals surface area contributed by atoms with Gasteiger partial charge in [-0.15, -0.1) is 15.3 Å². The number of rotatable bonds is 9. The zero-order chi connectivity index (χ0) is 21.6. The van der Waals surface area contributed by atoms with Gasteiger partial charge in [0.1, 0.15) is 5.60 Å². The minimum absolute atomic E-state index is 0.368. The zero-order valence-electron chi connectivity index (χ0n) is 17.4. The molecule has 0 saturated carbocycles. The molecule has 2 heterocycles. The zero-order valence-corrected chi connectivity index (χ0v) is 19.7. The number of benzene rings is 1. The number of hydrogen-bond acceptors (Lipinski definition) is 7. The summed E-state index contributed by atoms with van der Waals surface area (Å²) in [4.78, 5) is 12.4. The van der Waals surface area contributed by atoms with E-state index in [1.807, 2.05) is 49.6 Å². The van der Waals surface area contributed by atoms with Crippen molar-refractivity contribution in [1.82, 2.24) is 25.1 Å². The van der Waals surface area contributed by atoms with Crippen LogP contribution in [0.1, 0.15) is 51.4 Å². The van der Waals surface area contributed by atoms with Crippen LogP contribution < -0.4 is 5.32 Å². The van der Waals surface area contributed by atoms with Gasteiger partial charge in [0.25, 0.3) is 0 Å². The van der Waals surface area contributed by atoms with Crippen molar-refractivity contribution in [2.45, 2.75) is 62.1 Å². The van der Waals surface area contributed by atoms with Gasteiger partial charge in [-0.3, -0.25) is 0 Å². The lowest BCUT2D eigenvalue weighted by Gasteiger charge is -2.19. The molecule has 0 fully saturated rings. The van der Waals surface area contributed by atoms with Gasteiger partial charge in [0.15, 0.2) is 10.2 Å². The highest BCUT2D eigenvalue weighted by atomic mass is 35.5. The highest BCUT2D eigenvalue weighted by molar-refractivity contribution is 8.00. The molecule has 0 aliphatic carbocycles. The molecule has 10 heteroatoms. The first kappa shape index (κ1) is 22.8. The van der Waals surface area contributed by atoms with Crippen molar-refractivity contribution in [3.8, 4) is 0 Å². The number of carbonyl (C=O) groups excluding carboxylic acids is 1. The van der Waals surface area contributed by atoms with Crippen molar-refractivity contribution in [2.24, 2.45) is 0 Å². The fourth-order valence-corrected chi connectivity index (χ4v) is 4.65. The third-order valence-electron chi connectivity index (χ3n) is 4.06. The monoisotopic (exact) mass is 467 g/mol. The van der Waals surface area contributed by atoms with Gasteiger partial charge >= 0.3 is 6.09 Å². The summed E-state index contributed by atoms with van der Waals surface area (Å²) >= 11 is 9.16. The number of thioether (sulfide) groups is 1. The van der Waals surface area contributed by atoms with Crippen LogP contribution in [0.15, 0.2) is 28.6 Å². The summed E-state index contributed by atoms with van der Waals surface area (Å²) in [5.74, 6) is 1.71. The van der Waals surface area contributed by atoms with E-state index < -0.39 is 5.60 Å². The summed E-state index contributed by atoms with van der Waals surface area (Å²) in [6.07, 6.45) is 3.26. The molecule has 3 aromatic rings. The van der Waals surface area contributed by atoms with Gasteiger partial charge in [0.05, 0.1) is 0 Å². The molecular formula is C20H26ClN5O2S2. The maximum Gasteiger partial charge on any atom is 0.407 e. The van der Waals surface area contributed by atoms with E-state index in [1.165, 1.54) is 5.56 Å². The molecule has 1 amide bonds. The number of alkyl carbamates (subject to hydrolysis) is 1. The Morgan fingerprint density at radius 1 is 1.20 bits per heavy atom. The van der Waals surface area contributed by atoms with Gasteiger partial charge in [-0.2, -0.15) is 4.52 Å². The number of nitrogens with zero attached hydrogens (tertiary/aromatic N) is 4. The number of nitrogens with one attached hydrogen (secondary N) is 1. The number of aryl methyl sites for hydroxylation is 1. The molecule has 2 aromatic heterocycles. The smallest absolute Gasteiger partial charge is 0.407 e. The number of hydrogen-bond donors (Lipinski definition) is 1.